The van der Waals surface area contributed by atoms with E-state index in [0.29, 0.717) is 35.8 Å². The maximum absolute atomic E-state index is 13.5. The van der Waals surface area contributed by atoms with E-state index in [4.69, 9.17) is 4.98 Å². The van der Waals surface area contributed by atoms with Crippen molar-refractivity contribution in [1.29, 1.82) is 0 Å². The van der Waals surface area contributed by atoms with Crippen LogP contribution >= 0.6 is 22.7 Å². The number of aromatic nitrogens is 6. The maximum atomic E-state index is 13.5. The molecule has 0 amide bonds. The molecule has 4 fully saturated rings. The summed E-state index contributed by atoms with van der Waals surface area (Å²) < 4.78 is 56.5. The summed E-state index contributed by atoms with van der Waals surface area (Å²) >= 11 is 3.10. The largest absolute Gasteiger partial charge is 0.317 e. The van der Waals surface area contributed by atoms with E-state index in [0.717, 1.165) is 80.6 Å². The topological polar surface area (TPSA) is 162 Å². The molecule has 0 radical (unpaired) electrons. The van der Waals surface area contributed by atoms with Crippen molar-refractivity contribution in [2.75, 3.05) is 26.2 Å². The third kappa shape index (κ3) is 10.9. The molecule has 12 rings (SSSR count). The van der Waals surface area contributed by atoms with Gasteiger partial charge in [0.1, 0.15) is 5.78 Å². The Morgan fingerprint density at radius 1 is 0.597 bits per heavy atom. The maximum Gasteiger partial charge on any atom is 0.269 e. The second kappa shape index (κ2) is 22.4. The minimum atomic E-state index is -3.81. The highest BCUT2D eigenvalue weighted by atomic mass is 32.2. The summed E-state index contributed by atoms with van der Waals surface area (Å²) in [5, 5.41) is 10.6. The highest BCUT2D eigenvalue weighted by molar-refractivity contribution is 7.90. The number of fused-ring (bicyclic) bond motifs is 2. The number of nitrogens with one attached hydrogen (secondary N) is 1. The van der Waals surface area contributed by atoms with Crippen LogP contribution in [0.1, 0.15) is 117 Å². The fourth-order valence-corrected chi connectivity index (χ4v) is 14.5. The van der Waals surface area contributed by atoms with E-state index < -0.39 is 20.0 Å². The number of carbonyl (C=O) groups excluding carboxylic acids is 1. The van der Waals surface area contributed by atoms with Gasteiger partial charge in [0.05, 0.1) is 31.2 Å². The average Bonchev–Trinajstić information content (AvgIpc) is 4.27. The molecule has 2 saturated carbocycles. The third-order valence-corrected chi connectivity index (χ3v) is 19.3. The Kier molecular flexibility index (Phi) is 16.0. The summed E-state index contributed by atoms with van der Waals surface area (Å²) in [6, 6.07) is 21.8. The van der Waals surface area contributed by atoms with E-state index in [1.807, 2.05) is 42.9 Å². The lowest BCUT2D eigenvalue weighted by Gasteiger charge is -2.34. The van der Waals surface area contributed by atoms with Gasteiger partial charge in [-0.1, -0.05) is 43.8 Å². The van der Waals surface area contributed by atoms with Gasteiger partial charge < -0.3 is 10.2 Å². The lowest BCUT2D eigenvalue weighted by atomic mass is 9.81. The molecular formula is C55H64N8O5S4. The molecule has 0 atom stereocenters. The number of thiazole rings is 2. The minimum Gasteiger partial charge on any atom is -0.317 e. The van der Waals surface area contributed by atoms with Gasteiger partial charge in [-0.15, -0.1) is 22.7 Å². The molecule has 2 aliphatic heterocycles. The summed E-state index contributed by atoms with van der Waals surface area (Å²) in [6.45, 7) is 8.90. The van der Waals surface area contributed by atoms with E-state index >= 15 is 0 Å². The van der Waals surface area contributed by atoms with E-state index in [-0.39, 0.29) is 23.1 Å². The zero-order valence-corrected chi connectivity index (χ0v) is 43.5. The van der Waals surface area contributed by atoms with Crippen LogP contribution < -0.4 is 5.32 Å². The summed E-state index contributed by atoms with van der Waals surface area (Å²) in [4.78, 5) is 33.4. The number of benzene rings is 2. The molecule has 13 nitrogen and oxygen atoms in total. The van der Waals surface area contributed by atoms with Gasteiger partial charge in [-0.25, -0.2) is 44.7 Å². The number of ketones is 1. The molecule has 8 aromatic rings. The standard InChI is InChI=1S/C27H30N4O2S2.C23H21N3O3S2.C4H9N.CH4/c1-19-29-26(18-34-19)25-17-31(35(32,33)23-7-3-2-4-8-23)27-24(25)15-21(16-28-27)20-9-11-22(12-10-20)30-13-5-6-14-30;1-15-25-22(14-30-15)21-13-26(31(28,29)19-5-3-2-4-6-19)23-20(21)11-17(12-24-23)16-7-9-18(27)10-8-16;1-2-4-5-3-1;/h2-4,7-8,15-18,20,22H,5-6,9-14H2,1H3;2-6,11-14,16H,7-10H2,1H3;5H,1-4H2;1H4. The number of aryl methyl sites for hydroxylation is 2. The number of hydrogen-bond donors (Lipinski definition) is 1. The molecule has 2 aliphatic carbocycles. The predicted octanol–water partition coefficient (Wildman–Crippen LogP) is 11.8. The first kappa shape index (κ1) is 51.5. The fraction of sp³-hybridized carbons (Fsp3) is 0.400. The van der Waals surface area contributed by atoms with Gasteiger partial charge >= 0.3 is 0 Å². The van der Waals surface area contributed by atoms with Crippen LogP contribution in [-0.2, 0) is 24.8 Å². The first-order chi connectivity index (χ1) is 34.4. The van der Waals surface area contributed by atoms with Crippen LogP contribution in [0.25, 0.3) is 44.6 Å². The van der Waals surface area contributed by atoms with E-state index in [2.05, 4.69) is 31.2 Å². The number of carbonyl (C=O) groups is 1. The highest BCUT2D eigenvalue weighted by Gasteiger charge is 2.31. The SMILES string of the molecule is C.C1CCNC1.Cc1nc(-c2cn(S(=O)(=O)c3ccccc3)c3ncc(C4CCC(=O)CC4)cc23)cs1.Cc1nc(-c2cn(S(=O)(=O)c3ccccc3)c3ncc(C4CCC(N5CCCC5)CC4)cc23)cs1. The van der Waals surface area contributed by atoms with Crippen LogP contribution in [0.15, 0.2) is 118 Å². The van der Waals surface area contributed by atoms with Crippen LogP contribution in [0, 0.1) is 13.8 Å². The number of hydrogen-bond acceptors (Lipinski definition) is 13. The molecule has 72 heavy (non-hydrogen) atoms. The van der Waals surface area contributed by atoms with Crippen molar-refractivity contribution in [3.63, 3.8) is 0 Å². The van der Waals surface area contributed by atoms with Gasteiger partial charge in [0, 0.05) is 76.3 Å². The first-order valence-electron chi connectivity index (χ1n) is 24.9. The Labute approximate surface area is 431 Å². The van der Waals surface area contributed by atoms with Crippen LogP contribution in [0.3, 0.4) is 0 Å². The van der Waals surface area contributed by atoms with Gasteiger partial charge in [0.2, 0.25) is 0 Å². The smallest absolute Gasteiger partial charge is 0.269 e. The van der Waals surface area contributed by atoms with Crippen molar-refractivity contribution in [2.45, 2.75) is 126 Å². The quantitative estimate of drug-likeness (QED) is 0.146. The van der Waals surface area contributed by atoms with Crippen LogP contribution in [0.4, 0.5) is 0 Å². The Bertz CT molecular complexity index is 3350. The first-order valence-corrected chi connectivity index (χ1v) is 29.5. The molecule has 1 N–H and O–H groups in total. The van der Waals surface area contributed by atoms with Crippen LogP contribution in [0.5, 0.6) is 0 Å². The van der Waals surface area contributed by atoms with Gasteiger partial charge in [-0.2, -0.15) is 0 Å². The monoisotopic (exact) mass is 1040 g/mol. The molecule has 0 spiro atoms. The molecule has 4 aliphatic rings. The van der Waals surface area contributed by atoms with E-state index in [1.165, 1.54) is 89.5 Å². The Morgan fingerprint density at radius 2 is 1.04 bits per heavy atom. The average molecular weight is 1050 g/mol. The molecule has 8 heterocycles. The van der Waals surface area contributed by atoms with Crippen molar-refractivity contribution < 1.29 is 21.6 Å². The third-order valence-electron chi connectivity index (χ3n) is 14.5. The number of rotatable bonds is 9. The predicted molar refractivity (Wildman–Crippen MR) is 290 cm³/mol. The zero-order chi connectivity index (χ0) is 49.1. The van der Waals surface area contributed by atoms with E-state index in [1.54, 1.807) is 84.5 Å². The summed E-state index contributed by atoms with van der Waals surface area (Å²) in [6.07, 6.45) is 20.0. The van der Waals surface area contributed by atoms with Gasteiger partial charge in [-0.05, 0) is 164 Å². The normalized spacial score (nSPS) is 18.9. The van der Waals surface area contributed by atoms with Crippen LogP contribution in [-0.4, -0.2) is 87.6 Å². The molecule has 378 valence electrons. The molecule has 17 heteroatoms. The second-order valence-electron chi connectivity index (χ2n) is 19.1. The number of Topliss-reactive ketones (excluding diaryl/α,β-unsaturated/α-hetero) is 1. The highest BCUT2D eigenvalue weighted by Crippen LogP contribution is 2.40. The molecular weight excluding hydrogens is 981 g/mol. The summed E-state index contributed by atoms with van der Waals surface area (Å²) in [7, 11) is -7.58. The summed E-state index contributed by atoms with van der Waals surface area (Å²) in [5.41, 5.74) is 6.22. The molecule has 6 aromatic heterocycles. The van der Waals surface area contributed by atoms with Crippen molar-refractivity contribution in [3.8, 4) is 22.5 Å². The van der Waals surface area contributed by atoms with Crippen molar-refractivity contribution in [1.82, 2.24) is 38.1 Å². The molecule has 0 bridgehead atoms. The Hall–Kier alpha value is -5.43. The molecule has 2 saturated heterocycles. The minimum absolute atomic E-state index is 0. The van der Waals surface area contributed by atoms with Crippen molar-refractivity contribution in [2.24, 2.45) is 0 Å². The van der Waals surface area contributed by atoms with Gasteiger partial charge in [0.25, 0.3) is 20.0 Å². The number of pyridine rings is 2. The van der Waals surface area contributed by atoms with Crippen molar-refractivity contribution >= 4 is 70.6 Å². The van der Waals surface area contributed by atoms with Crippen LogP contribution in [0.2, 0.25) is 0 Å². The Balaban J connectivity index is 0.000000161. The molecule has 0 unspecified atom stereocenters. The number of nitrogens with zero attached hydrogens (tertiary/aromatic N) is 7. The number of likely N-dealkylation sites (tertiary alicyclic amines) is 1. The Morgan fingerprint density at radius 3 is 1.44 bits per heavy atom. The van der Waals surface area contributed by atoms with Crippen molar-refractivity contribution in [3.05, 3.63) is 129 Å². The van der Waals surface area contributed by atoms with Gasteiger partial charge in [-0.3, -0.25) is 4.79 Å². The van der Waals surface area contributed by atoms with Gasteiger partial charge in [0.15, 0.2) is 11.3 Å². The lowest BCUT2D eigenvalue weighted by Crippen LogP contribution is -2.35. The second-order valence-corrected chi connectivity index (χ2v) is 24.9. The summed E-state index contributed by atoms with van der Waals surface area (Å²) in [5.74, 6) is 1.03. The van der Waals surface area contributed by atoms with E-state index in [9.17, 15) is 21.6 Å². The lowest BCUT2D eigenvalue weighted by molar-refractivity contribution is -0.120. The fourth-order valence-electron chi connectivity index (χ4n) is 10.6. The zero-order valence-electron chi connectivity index (χ0n) is 40.2. The molecule has 2 aromatic carbocycles.